The van der Waals surface area contributed by atoms with Gasteiger partial charge in [0.05, 0.1) is 0 Å². The third kappa shape index (κ3) is 6.68. The van der Waals surface area contributed by atoms with Crippen LogP contribution in [0, 0.1) is 0 Å². The first-order chi connectivity index (χ1) is 16.2. The first kappa shape index (κ1) is 25.5. The standard InChI is InChI=1S/C27H32N2O4S/c1-19(2)23-16-11-17-24(20(3)4)26(23)33-27(30)29-34(31,32)28-18-25(21-12-7-5-8-13-21)22-14-9-6-10-15-22/h5-17,19-20,25,28H,18H2,1-4H3,(H,29,30). The lowest BCUT2D eigenvalue weighted by Crippen LogP contribution is -2.43. The van der Waals surface area contributed by atoms with Crippen molar-refractivity contribution in [3.05, 3.63) is 101 Å². The number of carbonyl (C=O) groups excluding carboxylic acids is 1. The van der Waals surface area contributed by atoms with Crippen molar-refractivity contribution in [3.8, 4) is 5.75 Å². The number of amides is 1. The van der Waals surface area contributed by atoms with Crippen LogP contribution in [-0.2, 0) is 10.2 Å². The molecule has 0 atom stereocenters. The molecule has 3 aromatic carbocycles. The number of para-hydroxylation sites is 1. The van der Waals surface area contributed by atoms with Gasteiger partial charge in [-0.15, -0.1) is 0 Å². The minimum absolute atomic E-state index is 0.0798. The Bertz CT molecular complexity index is 1130. The number of hydrogen-bond acceptors (Lipinski definition) is 4. The van der Waals surface area contributed by atoms with Gasteiger partial charge in [-0.3, -0.25) is 0 Å². The van der Waals surface area contributed by atoms with Crippen molar-refractivity contribution in [1.82, 2.24) is 9.44 Å². The van der Waals surface area contributed by atoms with E-state index in [0.29, 0.717) is 5.75 Å². The van der Waals surface area contributed by atoms with Gasteiger partial charge in [0.1, 0.15) is 5.75 Å². The largest absolute Gasteiger partial charge is 0.427 e. The Hall–Kier alpha value is -3.16. The van der Waals surface area contributed by atoms with E-state index in [9.17, 15) is 13.2 Å². The van der Waals surface area contributed by atoms with Gasteiger partial charge in [-0.05, 0) is 34.1 Å². The van der Waals surface area contributed by atoms with Gasteiger partial charge in [-0.1, -0.05) is 107 Å². The van der Waals surface area contributed by atoms with Crippen LogP contribution in [0.1, 0.15) is 67.7 Å². The lowest BCUT2D eigenvalue weighted by Gasteiger charge is -2.20. The summed E-state index contributed by atoms with van der Waals surface area (Å²) in [4.78, 5) is 12.6. The van der Waals surface area contributed by atoms with Crippen LogP contribution in [0.3, 0.4) is 0 Å². The molecule has 6 nitrogen and oxygen atoms in total. The molecule has 7 heteroatoms. The van der Waals surface area contributed by atoms with Gasteiger partial charge in [0.15, 0.2) is 0 Å². The molecule has 1 amide bonds. The summed E-state index contributed by atoms with van der Waals surface area (Å²) >= 11 is 0. The molecule has 2 N–H and O–H groups in total. The van der Waals surface area contributed by atoms with Crippen molar-refractivity contribution < 1.29 is 17.9 Å². The molecular formula is C27H32N2O4S. The lowest BCUT2D eigenvalue weighted by molar-refractivity contribution is 0.205. The fourth-order valence-electron chi connectivity index (χ4n) is 3.85. The molecule has 0 saturated heterocycles. The van der Waals surface area contributed by atoms with Crippen molar-refractivity contribution >= 4 is 16.3 Å². The van der Waals surface area contributed by atoms with Crippen LogP contribution in [0.15, 0.2) is 78.9 Å². The molecule has 0 aromatic heterocycles. The summed E-state index contributed by atoms with van der Waals surface area (Å²) in [7, 11) is -4.15. The van der Waals surface area contributed by atoms with E-state index in [1.165, 1.54) is 0 Å². The molecule has 3 aromatic rings. The zero-order valence-corrected chi connectivity index (χ0v) is 20.8. The van der Waals surface area contributed by atoms with Gasteiger partial charge >= 0.3 is 16.3 Å². The summed E-state index contributed by atoms with van der Waals surface area (Å²) in [5, 5.41) is 0. The third-order valence-electron chi connectivity index (χ3n) is 5.61. The van der Waals surface area contributed by atoms with Gasteiger partial charge < -0.3 is 4.74 Å². The summed E-state index contributed by atoms with van der Waals surface area (Å²) < 4.78 is 35.5. The molecule has 3 rings (SSSR count). The molecule has 0 bridgehead atoms. The second-order valence-corrected chi connectivity index (χ2v) is 10.3. The molecule has 0 aliphatic carbocycles. The maximum atomic E-state index is 12.7. The van der Waals surface area contributed by atoms with Gasteiger partial charge in [0, 0.05) is 12.5 Å². The molecule has 0 heterocycles. The average molecular weight is 481 g/mol. The van der Waals surface area contributed by atoms with Crippen LogP contribution in [0.4, 0.5) is 4.79 Å². The summed E-state index contributed by atoms with van der Waals surface area (Å²) in [6, 6.07) is 24.9. The highest BCUT2D eigenvalue weighted by molar-refractivity contribution is 7.88. The van der Waals surface area contributed by atoms with E-state index in [-0.39, 0.29) is 24.3 Å². The van der Waals surface area contributed by atoms with Gasteiger partial charge in [0.25, 0.3) is 0 Å². The van der Waals surface area contributed by atoms with Crippen molar-refractivity contribution in [3.63, 3.8) is 0 Å². The number of carbonyl (C=O) groups is 1. The first-order valence-electron chi connectivity index (χ1n) is 11.4. The third-order valence-corrected chi connectivity index (χ3v) is 6.60. The molecule has 34 heavy (non-hydrogen) atoms. The van der Waals surface area contributed by atoms with Gasteiger partial charge in [-0.25, -0.2) is 9.52 Å². The monoisotopic (exact) mass is 480 g/mol. The maximum absolute atomic E-state index is 12.7. The highest BCUT2D eigenvalue weighted by Gasteiger charge is 2.23. The van der Waals surface area contributed by atoms with Crippen LogP contribution < -0.4 is 14.2 Å². The van der Waals surface area contributed by atoms with E-state index in [2.05, 4.69) is 4.72 Å². The maximum Gasteiger partial charge on any atom is 0.427 e. The Morgan fingerprint density at radius 3 is 1.68 bits per heavy atom. The molecule has 0 saturated carbocycles. The topological polar surface area (TPSA) is 84.5 Å². The highest BCUT2D eigenvalue weighted by atomic mass is 32.2. The van der Waals surface area contributed by atoms with Crippen LogP contribution in [0.25, 0.3) is 0 Å². The zero-order chi connectivity index (χ0) is 24.7. The van der Waals surface area contributed by atoms with Crippen molar-refractivity contribution in [2.24, 2.45) is 0 Å². The van der Waals surface area contributed by atoms with Crippen LogP contribution >= 0.6 is 0 Å². The quantitative estimate of drug-likeness (QED) is 0.412. The first-order valence-corrected chi connectivity index (χ1v) is 12.9. The molecule has 0 aliphatic heterocycles. The Balaban J connectivity index is 1.75. The molecule has 180 valence electrons. The highest BCUT2D eigenvalue weighted by Crippen LogP contribution is 2.34. The van der Waals surface area contributed by atoms with Gasteiger partial charge in [-0.2, -0.15) is 13.1 Å². The predicted octanol–water partition coefficient (Wildman–Crippen LogP) is 5.69. The van der Waals surface area contributed by atoms with E-state index < -0.39 is 16.3 Å². The van der Waals surface area contributed by atoms with Crippen molar-refractivity contribution in [1.29, 1.82) is 0 Å². The average Bonchev–Trinajstić information content (AvgIpc) is 2.80. The molecule has 0 unspecified atom stereocenters. The lowest BCUT2D eigenvalue weighted by atomic mass is 9.92. The molecule has 0 aliphatic rings. The Morgan fingerprint density at radius 2 is 1.24 bits per heavy atom. The fourth-order valence-corrected chi connectivity index (χ4v) is 4.57. The summed E-state index contributed by atoms with van der Waals surface area (Å²) in [6.45, 7) is 8.06. The van der Waals surface area contributed by atoms with Crippen LogP contribution in [0.2, 0.25) is 0 Å². The fraction of sp³-hybridized carbons (Fsp3) is 0.296. The predicted molar refractivity (Wildman–Crippen MR) is 135 cm³/mol. The van der Waals surface area contributed by atoms with Crippen molar-refractivity contribution in [2.45, 2.75) is 45.4 Å². The van der Waals surface area contributed by atoms with Crippen LogP contribution in [0.5, 0.6) is 5.75 Å². The SMILES string of the molecule is CC(C)c1cccc(C(C)C)c1OC(=O)NS(=O)(=O)NCC(c1ccccc1)c1ccccc1. The van der Waals surface area contributed by atoms with Crippen LogP contribution in [-0.4, -0.2) is 21.1 Å². The zero-order valence-electron chi connectivity index (χ0n) is 20.0. The number of ether oxygens (including phenoxy) is 1. The van der Waals surface area contributed by atoms with Crippen molar-refractivity contribution in [2.75, 3.05) is 6.54 Å². The minimum Gasteiger partial charge on any atom is -0.409 e. The minimum atomic E-state index is -4.15. The Labute approximate surface area is 202 Å². The van der Waals surface area contributed by atoms with Gasteiger partial charge in [0.2, 0.25) is 0 Å². The Kier molecular flexibility index (Phi) is 8.47. The number of nitrogens with one attached hydrogen (secondary N) is 2. The molecule has 0 spiro atoms. The summed E-state index contributed by atoms with van der Waals surface area (Å²) in [6.07, 6.45) is -1.04. The molecule has 0 radical (unpaired) electrons. The molecular weight excluding hydrogens is 448 g/mol. The number of hydrogen-bond donors (Lipinski definition) is 2. The van der Waals surface area contributed by atoms with E-state index in [1.807, 2.05) is 111 Å². The second kappa shape index (κ2) is 11.3. The Morgan fingerprint density at radius 1 is 0.765 bits per heavy atom. The smallest absolute Gasteiger partial charge is 0.409 e. The van der Waals surface area contributed by atoms with E-state index in [1.54, 1.807) is 0 Å². The van der Waals surface area contributed by atoms with E-state index >= 15 is 0 Å². The normalized spacial score (nSPS) is 11.7. The van der Waals surface area contributed by atoms with E-state index in [0.717, 1.165) is 22.3 Å². The molecule has 0 fully saturated rings. The summed E-state index contributed by atoms with van der Waals surface area (Å²) in [5.74, 6) is 0.401. The number of benzene rings is 3. The summed E-state index contributed by atoms with van der Waals surface area (Å²) in [5.41, 5.74) is 3.62. The number of rotatable bonds is 9. The second-order valence-electron chi connectivity index (χ2n) is 8.79. The van der Waals surface area contributed by atoms with E-state index in [4.69, 9.17) is 4.74 Å².